The molecule has 1 N–H and O–H groups in total. The first kappa shape index (κ1) is 20.6. The van der Waals surface area contributed by atoms with Crippen molar-refractivity contribution in [2.75, 3.05) is 19.8 Å². The van der Waals surface area contributed by atoms with Gasteiger partial charge in [0.05, 0.1) is 18.5 Å². The van der Waals surface area contributed by atoms with Crippen LogP contribution in [0, 0.1) is 6.92 Å². The second-order valence-corrected chi connectivity index (χ2v) is 6.77. The number of carbonyl (C=O) groups excluding carboxylic acids is 1. The Bertz CT molecular complexity index is 1000. The molecule has 29 heavy (non-hydrogen) atoms. The van der Waals surface area contributed by atoms with Crippen molar-refractivity contribution in [2.45, 2.75) is 26.7 Å². The topological polar surface area (TPSA) is 77.8 Å². The molecule has 0 fully saturated rings. The Kier molecular flexibility index (Phi) is 6.67. The standard InChI is InChI=1S/C23H25NO5/c1-3-28-12-5-13-29-19-10-8-17(9-11-19)23(27)24-16(2)14-20-18(15-22(25)26)6-4-7-21(20)24/h4,6-11,14H,3,5,12-13,15H2,1-2H3,(H,25,26). The highest BCUT2D eigenvalue weighted by Crippen LogP contribution is 2.25. The first-order valence-electron chi connectivity index (χ1n) is 9.68. The van der Waals surface area contributed by atoms with E-state index in [9.17, 15) is 9.59 Å². The first-order valence-corrected chi connectivity index (χ1v) is 9.68. The second kappa shape index (κ2) is 9.39. The lowest BCUT2D eigenvalue weighted by molar-refractivity contribution is -0.136. The number of ether oxygens (including phenoxy) is 2. The molecule has 0 radical (unpaired) electrons. The van der Waals surface area contributed by atoms with Crippen LogP contribution in [0.4, 0.5) is 0 Å². The van der Waals surface area contributed by atoms with E-state index in [0.717, 1.165) is 17.5 Å². The Balaban J connectivity index is 1.79. The van der Waals surface area contributed by atoms with Gasteiger partial charge in [0.15, 0.2) is 0 Å². The van der Waals surface area contributed by atoms with Crippen molar-refractivity contribution in [2.24, 2.45) is 0 Å². The molecule has 0 saturated carbocycles. The summed E-state index contributed by atoms with van der Waals surface area (Å²) >= 11 is 0. The molecule has 0 saturated heterocycles. The van der Waals surface area contributed by atoms with Gasteiger partial charge in [-0.1, -0.05) is 12.1 Å². The molecule has 6 heteroatoms. The number of benzene rings is 2. The number of aliphatic carboxylic acids is 1. The highest BCUT2D eigenvalue weighted by molar-refractivity contribution is 6.04. The third-order valence-electron chi connectivity index (χ3n) is 4.67. The van der Waals surface area contributed by atoms with Crippen LogP contribution in [0.5, 0.6) is 5.75 Å². The Morgan fingerprint density at radius 3 is 2.52 bits per heavy atom. The number of nitrogens with zero attached hydrogens (tertiary/aromatic N) is 1. The molecule has 0 amide bonds. The summed E-state index contributed by atoms with van der Waals surface area (Å²) in [6.07, 6.45) is 0.728. The number of aryl methyl sites for hydroxylation is 1. The number of carboxylic acids is 1. The molecular formula is C23H25NO5. The van der Waals surface area contributed by atoms with Gasteiger partial charge in [-0.15, -0.1) is 0 Å². The lowest BCUT2D eigenvalue weighted by atomic mass is 10.1. The summed E-state index contributed by atoms with van der Waals surface area (Å²) in [6.45, 7) is 5.72. The van der Waals surface area contributed by atoms with Gasteiger partial charge in [-0.05, 0) is 55.8 Å². The van der Waals surface area contributed by atoms with E-state index in [2.05, 4.69) is 0 Å². The van der Waals surface area contributed by atoms with Crippen molar-refractivity contribution in [1.82, 2.24) is 4.57 Å². The number of carboxylic acid groups (broad SMARTS) is 1. The molecule has 0 unspecified atom stereocenters. The van der Waals surface area contributed by atoms with Crippen LogP contribution in [0.1, 0.15) is 35.0 Å². The maximum atomic E-state index is 13.1. The average Bonchev–Trinajstić information content (AvgIpc) is 3.04. The van der Waals surface area contributed by atoms with E-state index < -0.39 is 5.97 Å². The molecule has 0 aliphatic rings. The van der Waals surface area contributed by atoms with Crippen LogP contribution in [0.3, 0.4) is 0 Å². The molecule has 3 aromatic rings. The molecule has 6 nitrogen and oxygen atoms in total. The molecule has 0 bridgehead atoms. The molecule has 0 atom stereocenters. The van der Waals surface area contributed by atoms with E-state index in [1.165, 1.54) is 0 Å². The zero-order chi connectivity index (χ0) is 20.8. The largest absolute Gasteiger partial charge is 0.494 e. The molecule has 1 heterocycles. The Morgan fingerprint density at radius 2 is 1.83 bits per heavy atom. The Labute approximate surface area is 169 Å². The summed E-state index contributed by atoms with van der Waals surface area (Å²) in [4.78, 5) is 24.2. The van der Waals surface area contributed by atoms with Crippen LogP contribution in [-0.2, 0) is 16.0 Å². The molecule has 0 spiro atoms. The van der Waals surface area contributed by atoms with Gasteiger partial charge in [-0.3, -0.25) is 14.2 Å². The fraction of sp³-hybridized carbons (Fsp3) is 0.304. The normalized spacial score (nSPS) is 11.0. The number of rotatable bonds is 9. The molecular weight excluding hydrogens is 370 g/mol. The minimum absolute atomic E-state index is 0.0791. The van der Waals surface area contributed by atoms with Gasteiger partial charge in [0.1, 0.15) is 5.75 Å². The van der Waals surface area contributed by atoms with Gasteiger partial charge in [0.25, 0.3) is 5.91 Å². The Morgan fingerprint density at radius 1 is 1.07 bits per heavy atom. The van der Waals surface area contributed by atoms with Crippen molar-refractivity contribution in [3.05, 3.63) is 65.4 Å². The molecule has 152 valence electrons. The van der Waals surface area contributed by atoms with Crippen LogP contribution in [0.15, 0.2) is 48.5 Å². The fourth-order valence-corrected chi connectivity index (χ4v) is 3.33. The third-order valence-corrected chi connectivity index (χ3v) is 4.67. The van der Waals surface area contributed by atoms with E-state index in [-0.39, 0.29) is 12.3 Å². The van der Waals surface area contributed by atoms with Crippen molar-refractivity contribution in [3.63, 3.8) is 0 Å². The SMILES string of the molecule is CCOCCCOc1ccc(C(=O)n2c(C)cc3c(CC(=O)O)cccc32)cc1. The average molecular weight is 395 g/mol. The number of fused-ring (bicyclic) bond motifs is 1. The van der Waals surface area contributed by atoms with E-state index in [4.69, 9.17) is 14.6 Å². The lowest BCUT2D eigenvalue weighted by Crippen LogP contribution is -2.13. The highest BCUT2D eigenvalue weighted by Gasteiger charge is 2.17. The van der Waals surface area contributed by atoms with E-state index in [1.807, 2.05) is 26.0 Å². The summed E-state index contributed by atoms with van der Waals surface area (Å²) in [5, 5.41) is 9.91. The monoisotopic (exact) mass is 395 g/mol. The Hall–Kier alpha value is -3.12. The van der Waals surface area contributed by atoms with Crippen molar-refractivity contribution in [3.8, 4) is 5.75 Å². The summed E-state index contributed by atoms with van der Waals surface area (Å²) in [6, 6.07) is 14.3. The van der Waals surface area contributed by atoms with Gasteiger partial charge in [-0.25, -0.2) is 0 Å². The van der Waals surface area contributed by atoms with E-state index in [0.29, 0.717) is 42.2 Å². The summed E-state index contributed by atoms with van der Waals surface area (Å²) in [5.41, 5.74) is 2.71. The van der Waals surface area contributed by atoms with Gasteiger partial charge in [-0.2, -0.15) is 0 Å². The smallest absolute Gasteiger partial charge is 0.307 e. The van der Waals surface area contributed by atoms with Crippen LogP contribution >= 0.6 is 0 Å². The van der Waals surface area contributed by atoms with E-state index in [1.54, 1.807) is 41.0 Å². The minimum Gasteiger partial charge on any atom is -0.494 e. The summed E-state index contributed by atoms with van der Waals surface area (Å²) in [5.74, 6) is -0.352. The minimum atomic E-state index is -0.897. The molecule has 1 aromatic heterocycles. The second-order valence-electron chi connectivity index (χ2n) is 6.77. The number of hydrogen-bond acceptors (Lipinski definition) is 4. The molecule has 0 aliphatic heterocycles. The quantitative estimate of drug-likeness (QED) is 0.553. The highest BCUT2D eigenvalue weighted by atomic mass is 16.5. The zero-order valence-electron chi connectivity index (χ0n) is 16.7. The zero-order valence-corrected chi connectivity index (χ0v) is 16.7. The van der Waals surface area contributed by atoms with Crippen LogP contribution < -0.4 is 4.74 Å². The molecule has 0 aliphatic carbocycles. The van der Waals surface area contributed by atoms with Gasteiger partial charge < -0.3 is 14.6 Å². The number of aromatic nitrogens is 1. The van der Waals surface area contributed by atoms with Gasteiger partial charge in [0.2, 0.25) is 0 Å². The van der Waals surface area contributed by atoms with Gasteiger partial charge >= 0.3 is 5.97 Å². The van der Waals surface area contributed by atoms with Crippen LogP contribution in [0.2, 0.25) is 0 Å². The van der Waals surface area contributed by atoms with Crippen molar-refractivity contribution in [1.29, 1.82) is 0 Å². The predicted octanol–water partition coefficient (Wildman–Crippen LogP) is 4.07. The molecule has 3 rings (SSSR count). The number of carbonyl (C=O) groups is 2. The predicted molar refractivity (Wildman–Crippen MR) is 111 cm³/mol. The van der Waals surface area contributed by atoms with Crippen LogP contribution in [0.25, 0.3) is 10.9 Å². The van der Waals surface area contributed by atoms with Gasteiger partial charge in [0, 0.05) is 36.3 Å². The van der Waals surface area contributed by atoms with Crippen molar-refractivity contribution < 1.29 is 24.2 Å². The fourth-order valence-electron chi connectivity index (χ4n) is 3.33. The maximum Gasteiger partial charge on any atom is 0.307 e. The van der Waals surface area contributed by atoms with E-state index >= 15 is 0 Å². The maximum absolute atomic E-state index is 13.1. The lowest BCUT2D eigenvalue weighted by Gasteiger charge is -2.10. The molecule has 2 aromatic carbocycles. The summed E-state index contributed by atoms with van der Waals surface area (Å²) < 4.78 is 12.6. The number of hydrogen-bond donors (Lipinski definition) is 1. The third kappa shape index (κ3) is 4.84. The van der Waals surface area contributed by atoms with Crippen molar-refractivity contribution >= 4 is 22.8 Å². The van der Waals surface area contributed by atoms with Crippen LogP contribution in [-0.4, -0.2) is 41.4 Å². The summed E-state index contributed by atoms with van der Waals surface area (Å²) in [7, 11) is 0. The first-order chi connectivity index (χ1) is 14.0.